The lowest BCUT2D eigenvalue weighted by molar-refractivity contribution is -0.481. The van der Waals surface area contributed by atoms with Crippen molar-refractivity contribution in [3.63, 3.8) is 0 Å². The summed E-state index contributed by atoms with van der Waals surface area (Å²) in [6.45, 7) is 0. The van der Waals surface area contributed by atoms with Gasteiger partial charge in [-0.25, -0.2) is 0 Å². The fourth-order valence-corrected chi connectivity index (χ4v) is 1.60. The molecule has 0 bridgehead atoms. The number of rotatable bonds is 0. The standard InChI is InChI=1S/C8H4F12O2/c9-2(10)1-3(21,22)5(13,14)7(17,18)8(19,20)6(15,16)4(2,11)12/h21-22H,1H2. The molecule has 0 atom stereocenters. The van der Waals surface area contributed by atoms with Crippen molar-refractivity contribution >= 4 is 0 Å². The summed E-state index contributed by atoms with van der Waals surface area (Å²) in [6, 6.07) is 0. The van der Waals surface area contributed by atoms with Gasteiger partial charge in [0.15, 0.2) is 0 Å². The van der Waals surface area contributed by atoms with Crippen LogP contribution in [0.3, 0.4) is 0 Å². The molecule has 0 aromatic heterocycles. The van der Waals surface area contributed by atoms with Crippen LogP contribution >= 0.6 is 0 Å². The van der Waals surface area contributed by atoms with Crippen LogP contribution in [0.25, 0.3) is 0 Å². The topological polar surface area (TPSA) is 40.5 Å². The average Bonchev–Trinajstić information content (AvgIpc) is 2.24. The second kappa shape index (κ2) is 4.13. The minimum Gasteiger partial charge on any atom is -0.361 e. The molecule has 0 heterocycles. The van der Waals surface area contributed by atoms with E-state index in [9.17, 15) is 52.7 Å². The highest BCUT2D eigenvalue weighted by Crippen LogP contribution is 2.65. The van der Waals surface area contributed by atoms with Gasteiger partial charge < -0.3 is 10.2 Å². The summed E-state index contributed by atoms with van der Waals surface area (Å²) >= 11 is 0. The quantitative estimate of drug-likeness (QED) is 0.515. The van der Waals surface area contributed by atoms with E-state index < -0.39 is 47.7 Å². The summed E-state index contributed by atoms with van der Waals surface area (Å²) in [4.78, 5) is 0. The fourth-order valence-electron chi connectivity index (χ4n) is 1.60. The van der Waals surface area contributed by atoms with Crippen LogP contribution in [0.15, 0.2) is 0 Å². The smallest absolute Gasteiger partial charge is 0.361 e. The van der Waals surface area contributed by atoms with Crippen molar-refractivity contribution in [1.29, 1.82) is 0 Å². The Balaban J connectivity index is 3.83. The van der Waals surface area contributed by atoms with Crippen LogP contribution < -0.4 is 0 Å². The number of halogens is 12. The first kappa shape index (κ1) is 19.1. The van der Waals surface area contributed by atoms with E-state index in [1.54, 1.807) is 0 Å². The molecule has 1 fully saturated rings. The van der Waals surface area contributed by atoms with E-state index in [2.05, 4.69) is 0 Å². The molecule has 1 aliphatic rings. The molecule has 0 amide bonds. The highest BCUT2D eigenvalue weighted by atomic mass is 19.4. The van der Waals surface area contributed by atoms with E-state index in [1.807, 2.05) is 0 Å². The van der Waals surface area contributed by atoms with E-state index in [0.717, 1.165) is 0 Å². The maximum atomic E-state index is 13.0. The molecule has 0 saturated heterocycles. The van der Waals surface area contributed by atoms with Gasteiger partial charge in [-0.3, -0.25) is 0 Å². The lowest BCUT2D eigenvalue weighted by Crippen LogP contribution is -2.78. The third-order valence-corrected chi connectivity index (χ3v) is 3.01. The number of alkyl halides is 12. The molecule has 1 rings (SSSR count). The van der Waals surface area contributed by atoms with Gasteiger partial charge in [0.1, 0.15) is 0 Å². The third-order valence-electron chi connectivity index (χ3n) is 3.01. The highest BCUT2D eigenvalue weighted by molar-refractivity contribution is 5.17. The monoisotopic (exact) mass is 360 g/mol. The van der Waals surface area contributed by atoms with Gasteiger partial charge in [-0.2, -0.15) is 52.7 Å². The van der Waals surface area contributed by atoms with Crippen LogP contribution in [0.1, 0.15) is 6.42 Å². The second-order valence-electron chi connectivity index (χ2n) is 4.57. The van der Waals surface area contributed by atoms with Crippen molar-refractivity contribution in [2.24, 2.45) is 0 Å². The maximum absolute atomic E-state index is 13.0. The van der Waals surface area contributed by atoms with E-state index in [0.29, 0.717) is 0 Å². The summed E-state index contributed by atoms with van der Waals surface area (Å²) in [5.74, 6) is -49.6. The Bertz CT molecular complexity index is 428. The first-order chi connectivity index (χ1) is 9.21. The zero-order chi connectivity index (χ0) is 18.2. The molecule has 132 valence electrons. The molecule has 22 heavy (non-hydrogen) atoms. The van der Waals surface area contributed by atoms with Crippen LogP contribution in [0.2, 0.25) is 0 Å². The molecule has 0 radical (unpaired) electrons. The van der Waals surface area contributed by atoms with Gasteiger partial charge in [-0.1, -0.05) is 0 Å². The van der Waals surface area contributed by atoms with Gasteiger partial charge in [0.2, 0.25) is 5.79 Å². The molecule has 0 unspecified atom stereocenters. The Morgan fingerprint density at radius 3 is 1.09 bits per heavy atom. The average molecular weight is 360 g/mol. The predicted octanol–water partition coefficient (Wildman–Crippen LogP) is 2.88. The molecular formula is C8H4F12O2. The van der Waals surface area contributed by atoms with E-state index in [-0.39, 0.29) is 0 Å². The van der Waals surface area contributed by atoms with Gasteiger partial charge >= 0.3 is 35.5 Å². The van der Waals surface area contributed by atoms with Crippen LogP contribution in [0.5, 0.6) is 0 Å². The Morgan fingerprint density at radius 2 is 0.727 bits per heavy atom. The summed E-state index contributed by atoms with van der Waals surface area (Å²) in [5, 5.41) is 16.9. The number of aliphatic hydroxyl groups is 2. The Morgan fingerprint density at radius 1 is 0.455 bits per heavy atom. The van der Waals surface area contributed by atoms with Gasteiger partial charge in [0.05, 0.1) is 6.42 Å². The lowest BCUT2D eigenvalue weighted by Gasteiger charge is -2.47. The van der Waals surface area contributed by atoms with Crippen LogP contribution in [-0.2, 0) is 0 Å². The van der Waals surface area contributed by atoms with Gasteiger partial charge in [-0.15, -0.1) is 0 Å². The van der Waals surface area contributed by atoms with Gasteiger partial charge in [-0.05, 0) is 0 Å². The first-order valence-electron chi connectivity index (χ1n) is 4.92. The van der Waals surface area contributed by atoms with Crippen molar-refractivity contribution in [3.05, 3.63) is 0 Å². The fraction of sp³-hybridized carbons (Fsp3) is 1.00. The van der Waals surface area contributed by atoms with Gasteiger partial charge in [0, 0.05) is 0 Å². The SMILES string of the molecule is OC1(O)CC(F)(F)C(F)(F)C(F)(F)C(F)(F)C(F)(F)C1(F)F. The molecule has 14 heteroatoms. The number of hydrogen-bond donors (Lipinski definition) is 2. The summed E-state index contributed by atoms with van der Waals surface area (Å²) in [7, 11) is 0. The maximum Gasteiger partial charge on any atom is 0.384 e. The molecule has 1 aliphatic carbocycles. The Labute approximate surface area is 112 Å². The van der Waals surface area contributed by atoms with Gasteiger partial charge in [0.25, 0.3) is 0 Å². The summed E-state index contributed by atoms with van der Waals surface area (Å²) in [6.07, 6.45) is -3.75. The predicted molar refractivity (Wildman–Crippen MR) is 41.5 cm³/mol. The van der Waals surface area contributed by atoms with Crippen LogP contribution in [0, 0.1) is 0 Å². The Hall–Kier alpha value is -0.920. The highest BCUT2D eigenvalue weighted by Gasteiger charge is 2.94. The molecular weight excluding hydrogens is 356 g/mol. The largest absolute Gasteiger partial charge is 0.384 e. The minimum atomic E-state index is -7.74. The molecule has 0 aromatic carbocycles. The van der Waals surface area contributed by atoms with Crippen LogP contribution in [-0.4, -0.2) is 51.5 Å². The van der Waals surface area contributed by atoms with Crippen molar-refractivity contribution in [3.8, 4) is 0 Å². The first-order valence-corrected chi connectivity index (χ1v) is 4.92. The van der Waals surface area contributed by atoms with E-state index >= 15 is 0 Å². The van der Waals surface area contributed by atoms with Crippen molar-refractivity contribution < 1.29 is 62.9 Å². The third kappa shape index (κ3) is 1.79. The minimum absolute atomic E-state index is 3.75. The molecule has 0 aromatic rings. The molecule has 0 spiro atoms. The van der Waals surface area contributed by atoms with Crippen molar-refractivity contribution in [1.82, 2.24) is 0 Å². The van der Waals surface area contributed by atoms with E-state index in [4.69, 9.17) is 10.2 Å². The zero-order valence-electron chi connectivity index (χ0n) is 9.64. The van der Waals surface area contributed by atoms with Crippen molar-refractivity contribution in [2.45, 2.75) is 47.7 Å². The van der Waals surface area contributed by atoms with Crippen LogP contribution in [0.4, 0.5) is 52.7 Å². The van der Waals surface area contributed by atoms with Crippen molar-refractivity contribution in [2.75, 3.05) is 0 Å². The normalized spacial score (nSPS) is 33.5. The number of hydrogen-bond acceptors (Lipinski definition) is 2. The summed E-state index contributed by atoms with van der Waals surface area (Å²) in [5.41, 5.74) is 0. The van der Waals surface area contributed by atoms with E-state index in [1.165, 1.54) is 0 Å². The zero-order valence-corrected chi connectivity index (χ0v) is 9.64. The second-order valence-corrected chi connectivity index (χ2v) is 4.57. The lowest BCUT2D eigenvalue weighted by atomic mass is 9.81. The molecule has 2 nitrogen and oxygen atoms in total. The summed E-state index contributed by atoms with van der Waals surface area (Å²) < 4.78 is 155. The molecule has 1 saturated carbocycles. The molecule has 0 aliphatic heterocycles. The Kier molecular flexibility index (Phi) is 3.59. The molecule has 2 N–H and O–H groups in total.